The molecule has 2 N–H and O–H groups in total. The topological polar surface area (TPSA) is 93.7 Å². The van der Waals surface area contributed by atoms with Crippen molar-refractivity contribution < 1.29 is 23.9 Å². The molecule has 0 fully saturated rings. The minimum atomic E-state index is -1.28. The van der Waals surface area contributed by atoms with Gasteiger partial charge in [-0.25, -0.2) is 0 Å². The lowest BCUT2D eigenvalue weighted by atomic mass is 9.91. The molecule has 7 nitrogen and oxygen atoms in total. The Hall–Kier alpha value is -3.35. The molecule has 0 heterocycles. The first-order valence-electron chi connectivity index (χ1n) is 9.21. The van der Waals surface area contributed by atoms with E-state index in [0.717, 1.165) is 5.75 Å². The van der Waals surface area contributed by atoms with Crippen LogP contribution in [0.4, 0.5) is 5.69 Å². The fourth-order valence-corrected chi connectivity index (χ4v) is 2.41. The smallest absolute Gasteiger partial charge is 0.239 e. The number of anilines is 1. The van der Waals surface area contributed by atoms with E-state index in [2.05, 4.69) is 10.6 Å². The number of nitrogens with one attached hydrogen (secondary N) is 2. The number of carbonyl (C=O) groups excluding carboxylic acids is 3. The molecule has 2 amide bonds. The van der Waals surface area contributed by atoms with Crippen LogP contribution in [0.5, 0.6) is 11.5 Å². The van der Waals surface area contributed by atoms with E-state index in [0.29, 0.717) is 17.0 Å². The van der Waals surface area contributed by atoms with Gasteiger partial charge in [-0.3, -0.25) is 14.4 Å². The molecule has 0 bridgehead atoms. The van der Waals surface area contributed by atoms with E-state index in [1.54, 1.807) is 69.5 Å². The average molecular weight is 398 g/mol. The third-order valence-corrected chi connectivity index (χ3v) is 4.40. The SMILES string of the molecule is COc1ccc(OCCNC(=O)C(C)(C)C(=O)Nc2ccc(C(C)=O)cc2)cc1. The number of hydrogen-bond donors (Lipinski definition) is 2. The maximum atomic E-state index is 12.5. The number of benzene rings is 2. The first-order valence-corrected chi connectivity index (χ1v) is 9.21. The van der Waals surface area contributed by atoms with Gasteiger partial charge < -0.3 is 20.1 Å². The van der Waals surface area contributed by atoms with Crippen LogP contribution in [0, 0.1) is 5.41 Å². The Balaban J connectivity index is 1.82. The lowest BCUT2D eigenvalue weighted by molar-refractivity contribution is -0.138. The van der Waals surface area contributed by atoms with Crippen LogP contribution in [0.2, 0.25) is 0 Å². The maximum Gasteiger partial charge on any atom is 0.239 e. The number of hydrogen-bond acceptors (Lipinski definition) is 5. The summed E-state index contributed by atoms with van der Waals surface area (Å²) >= 11 is 0. The van der Waals surface area contributed by atoms with Gasteiger partial charge >= 0.3 is 0 Å². The lowest BCUT2D eigenvalue weighted by Gasteiger charge is -2.22. The number of methoxy groups -OCH3 is 1. The van der Waals surface area contributed by atoms with Crippen molar-refractivity contribution >= 4 is 23.3 Å². The van der Waals surface area contributed by atoms with Gasteiger partial charge in [-0.1, -0.05) is 0 Å². The van der Waals surface area contributed by atoms with Gasteiger partial charge in [-0.05, 0) is 69.3 Å². The zero-order valence-electron chi connectivity index (χ0n) is 17.1. The molecular formula is C22H26N2O5. The second-order valence-corrected chi connectivity index (χ2v) is 6.99. The van der Waals surface area contributed by atoms with Crippen molar-refractivity contribution in [3.63, 3.8) is 0 Å². The molecule has 2 aromatic carbocycles. The summed E-state index contributed by atoms with van der Waals surface area (Å²) in [6, 6.07) is 13.6. The number of Topliss-reactive ketones (excluding diaryl/α,β-unsaturated/α-hetero) is 1. The summed E-state index contributed by atoms with van der Waals surface area (Å²) in [6.45, 7) is 5.09. The van der Waals surface area contributed by atoms with E-state index in [4.69, 9.17) is 9.47 Å². The molecule has 2 aromatic rings. The van der Waals surface area contributed by atoms with Crippen molar-refractivity contribution in [1.82, 2.24) is 5.32 Å². The van der Waals surface area contributed by atoms with Crippen molar-refractivity contribution in [1.29, 1.82) is 0 Å². The Labute approximate surface area is 170 Å². The Bertz CT molecular complexity index is 858. The molecule has 0 aliphatic heterocycles. The van der Waals surface area contributed by atoms with Gasteiger partial charge in [-0.15, -0.1) is 0 Å². The van der Waals surface area contributed by atoms with Crippen LogP contribution in [-0.4, -0.2) is 37.9 Å². The van der Waals surface area contributed by atoms with Gasteiger partial charge in [0.25, 0.3) is 0 Å². The lowest BCUT2D eigenvalue weighted by Crippen LogP contribution is -2.46. The second-order valence-electron chi connectivity index (χ2n) is 6.99. The summed E-state index contributed by atoms with van der Waals surface area (Å²) in [5, 5.41) is 5.41. The summed E-state index contributed by atoms with van der Waals surface area (Å²) in [6.07, 6.45) is 0. The Morgan fingerprint density at radius 1 is 0.897 bits per heavy atom. The molecule has 0 unspecified atom stereocenters. The standard InChI is InChI=1S/C22H26N2O5/c1-15(25)16-5-7-17(8-6-16)24-21(27)22(2,3)20(26)23-13-14-29-19-11-9-18(28-4)10-12-19/h5-12H,13-14H2,1-4H3,(H,23,26)(H,24,27). The Morgan fingerprint density at radius 2 is 1.48 bits per heavy atom. The van der Waals surface area contributed by atoms with Gasteiger partial charge in [0.1, 0.15) is 23.5 Å². The van der Waals surface area contributed by atoms with Gasteiger partial charge in [0, 0.05) is 11.3 Å². The molecule has 0 spiro atoms. The fourth-order valence-electron chi connectivity index (χ4n) is 2.41. The molecule has 29 heavy (non-hydrogen) atoms. The van der Waals surface area contributed by atoms with Crippen LogP contribution >= 0.6 is 0 Å². The molecule has 0 atom stereocenters. The van der Waals surface area contributed by atoms with Crippen LogP contribution in [0.15, 0.2) is 48.5 Å². The normalized spacial score (nSPS) is 10.8. The van der Waals surface area contributed by atoms with E-state index in [1.165, 1.54) is 6.92 Å². The van der Waals surface area contributed by atoms with Crippen LogP contribution in [-0.2, 0) is 9.59 Å². The van der Waals surface area contributed by atoms with Crippen LogP contribution in [0.1, 0.15) is 31.1 Å². The van der Waals surface area contributed by atoms with Gasteiger partial charge in [-0.2, -0.15) is 0 Å². The molecule has 0 radical (unpaired) electrons. The summed E-state index contributed by atoms with van der Waals surface area (Å²) in [5.41, 5.74) is -0.208. The number of ether oxygens (including phenoxy) is 2. The number of ketones is 1. The number of carbonyl (C=O) groups is 3. The van der Waals surface area contributed by atoms with Crippen LogP contribution in [0.3, 0.4) is 0 Å². The van der Waals surface area contributed by atoms with Crippen LogP contribution in [0.25, 0.3) is 0 Å². The molecule has 0 saturated heterocycles. The third-order valence-electron chi connectivity index (χ3n) is 4.40. The molecular weight excluding hydrogens is 372 g/mol. The highest BCUT2D eigenvalue weighted by Crippen LogP contribution is 2.20. The van der Waals surface area contributed by atoms with Crippen LogP contribution < -0.4 is 20.1 Å². The molecule has 0 saturated carbocycles. The van der Waals surface area contributed by atoms with E-state index in [-0.39, 0.29) is 18.9 Å². The van der Waals surface area contributed by atoms with E-state index < -0.39 is 17.2 Å². The molecule has 2 rings (SSSR count). The summed E-state index contributed by atoms with van der Waals surface area (Å²) in [7, 11) is 1.59. The van der Waals surface area contributed by atoms with Gasteiger partial charge in [0.2, 0.25) is 11.8 Å². The van der Waals surface area contributed by atoms with E-state index >= 15 is 0 Å². The Kier molecular flexibility index (Phi) is 7.36. The summed E-state index contributed by atoms with van der Waals surface area (Å²) < 4.78 is 10.6. The van der Waals surface area contributed by atoms with Crippen molar-refractivity contribution in [3.8, 4) is 11.5 Å². The van der Waals surface area contributed by atoms with Crippen molar-refractivity contribution in [2.75, 3.05) is 25.6 Å². The maximum absolute atomic E-state index is 12.5. The zero-order valence-corrected chi connectivity index (χ0v) is 17.1. The monoisotopic (exact) mass is 398 g/mol. The van der Waals surface area contributed by atoms with Gasteiger partial charge in [0.15, 0.2) is 5.78 Å². The molecule has 0 aromatic heterocycles. The quantitative estimate of drug-likeness (QED) is 0.385. The summed E-state index contributed by atoms with van der Waals surface area (Å²) in [5.74, 6) is 0.482. The predicted octanol–water partition coefficient (Wildman–Crippen LogP) is 3.06. The van der Waals surface area contributed by atoms with Gasteiger partial charge in [0.05, 0.1) is 13.7 Å². The third kappa shape index (κ3) is 6.07. The summed E-state index contributed by atoms with van der Waals surface area (Å²) in [4.78, 5) is 36.3. The second kappa shape index (κ2) is 9.73. The highest BCUT2D eigenvalue weighted by atomic mass is 16.5. The number of amides is 2. The Morgan fingerprint density at radius 3 is 2.03 bits per heavy atom. The zero-order chi connectivity index (χ0) is 21.4. The number of rotatable bonds is 9. The first kappa shape index (κ1) is 21.9. The fraction of sp³-hybridized carbons (Fsp3) is 0.318. The molecule has 0 aliphatic rings. The predicted molar refractivity (Wildman–Crippen MR) is 110 cm³/mol. The molecule has 0 aliphatic carbocycles. The van der Waals surface area contributed by atoms with Crippen molar-refractivity contribution in [3.05, 3.63) is 54.1 Å². The molecule has 154 valence electrons. The van der Waals surface area contributed by atoms with Crippen molar-refractivity contribution in [2.24, 2.45) is 5.41 Å². The minimum absolute atomic E-state index is 0.0561. The van der Waals surface area contributed by atoms with E-state index in [9.17, 15) is 14.4 Å². The van der Waals surface area contributed by atoms with Crippen molar-refractivity contribution in [2.45, 2.75) is 20.8 Å². The highest BCUT2D eigenvalue weighted by molar-refractivity contribution is 6.10. The average Bonchev–Trinajstić information content (AvgIpc) is 2.71. The largest absolute Gasteiger partial charge is 0.497 e. The minimum Gasteiger partial charge on any atom is -0.497 e. The van der Waals surface area contributed by atoms with E-state index in [1.807, 2.05) is 0 Å². The first-order chi connectivity index (χ1) is 13.7. The molecule has 7 heteroatoms. The highest BCUT2D eigenvalue weighted by Gasteiger charge is 2.35.